The van der Waals surface area contributed by atoms with Crippen LogP contribution in [0.3, 0.4) is 0 Å². The summed E-state index contributed by atoms with van der Waals surface area (Å²) in [5.41, 5.74) is 11.3. The monoisotopic (exact) mass is 765 g/mol. The Hall–Kier alpha value is -3.40. The first-order valence-corrected chi connectivity index (χ1v) is 20.7. The van der Waals surface area contributed by atoms with Gasteiger partial charge >= 0.3 is 0 Å². The molecule has 312 valence electrons. The molecule has 0 aliphatic rings. The molecule has 0 fully saturated rings. The van der Waals surface area contributed by atoms with Gasteiger partial charge in [0.1, 0.15) is 0 Å². The van der Waals surface area contributed by atoms with Gasteiger partial charge in [-0.05, 0) is 74.2 Å². The third kappa shape index (κ3) is 17.4. The van der Waals surface area contributed by atoms with E-state index in [2.05, 4.69) is 230 Å². The average molecular weight is 765 g/mol. The van der Waals surface area contributed by atoms with Crippen molar-refractivity contribution in [1.82, 2.24) is 19.9 Å². The lowest BCUT2D eigenvalue weighted by Crippen LogP contribution is -2.19. The lowest BCUT2D eigenvalue weighted by Gasteiger charge is -2.23. The second-order valence-corrected chi connectivity index (χ2v) is 23.7. The zero-order chi connectivity index (χ0) is 43.9. The Morgan fingerprint density at radius 3 is 1.02 bits per heavy atom. The highest BCUT2D eigenvalue weighted by Gasteiger charge is 2.22. The third-order valence-electron chi connectivity index (χ3n) is 9.55. The summed E-state index contributed by atoms with van der Waals surface area (Å²) in [7, 11) is 0. The van der Waals surface area contributed by atoms with Gasteiger partial charge in [-0.2, -0.15) is 0 Å². The van der Waals surface area contributed by atoms with E-state index in [0.717, 1.165) is 5.69 Å². The van der Waals surface area contributed by atoms with Crippen LogP contribution >= 0.6 is 0 Å². The van der Waals surface area contributed by atoms with Crippen molar-refractivity contribution >= 4 is 0 Å². The summed E-state index contributed by atoms with van der Waals surface area (Å²) in [6, 6.07) is 17.2. The first kappa shape index (κ1) is 50.6. The maximum atomic E-state index is 4.72. The van der Waals surface area contributed by atoms with Gasteiger partial charge < -0.3 is 0 Å². The molecule has 4 nitrogen and oxygen atoms in total. The van der Waals surface area contributed by atoms with Gasteiger partial charge in [0.2, 0.25) is 0 Å². The Labute approximate surface area is 346 Å². The molecule has 56 heavy (non-hydrogen) atoms. The Balaban J connectivity index is 0.000000373. The summed E-state index contributed by atoms with van der Waals surface area (Å²) in [5.74, 6) is 0. The topological polar surface area (TPSA) is 51.6 Å². The van der Waals surface area contributed by atoms with Crippen molar-refractivity contribution in [3.63, 3.8) is 0 Å². The second kappa shape index (κ2) is 18.5. The van der Waals surface area contributed by atoms with Crippen molar-refractivity contribution in [2.24, 2.45) is 0 Å². The van der Waals surface area contributed by atoms with Gasteiger partial charge in [0.05, 0.1) is 0 Å². The van der Waals surface area contributed by atoms with Gasteiger partial charge in [-0.15, -0.1) is 0 Å². The third-order valence-corrected chi connectivity index (χ3v) is 9.55. The summed E-state index contributed by atoms with van der Waals surface area (Å²) in [4.78, 5) is 18.0. The number of hydrogen-bond acceptors (Lipinski definition) is 4. The van der Waals surface area contributed by atoms with Crippen LogP contribution in [0.4, 0.5) is 0 Å². The van der Waals surface area contributed by atoms with Crippen LogP contribution in [0.2, 0.25) is 0 Å². The fourth-order valence-electron chi connectivity index (χ4n) is 5.12. The molecule has 0 unspecified atom stereocenters. The normalized spacial score (nSPS) is 13.0. The van der Waals surface area contributed by atoms with Gasteiger partial charge in [-0.25, -0.2) is 0 Å². The van der Waals surface area contributed by atoms with Crippen LogP contribution in [0.5, 0.6) is 0 Å². The molecule has 0 saturated heterocycles. The first-order chi connectivity index (χ1) is 24.8. The van der Waals surface area contributed by atoms with E-state index >= 15 is 0 Å². The van der Waals surface area contributed by atoms with Crippen molar-refractivity contribution in [1.29, 1.82) is 0 Å². The molecular weight excluding hydrogens is 681 g/mol. The predicted octanol–water partition coefficient (Wildman–Crippen LogP) is 14.7. The van der Waals surface area contributed by atoms with E-state index in [4.69, 9.17) is 4.98 Å². The smallest absolute Gasteiger partial charge is 0.0460 e. The molecule has 0 aromatic carbocycles. The summed E-state index contributed by atoms with van der Waals surface area (Å²) >= 11 is 0. The second-order valence-electron chi connectivity index (χ2n) is 23.7. The molecule has 0 aliphatic heterocycles. The highest BCUT2D eigenvalue weighted by molar-refractivity contribution is 5.29. The molecule has 0 spiro atoms. The van der Waals surface area contributed by atoms with Crippen molar-refractivity contribution < 1.29 is 0 Å². The van der Waals surface area contributed by atoms with E-state index < -0.39 is 0 Å². The van der Waals surface area contributed by atoms with Crippen LogP contribution in [0.25, 0.3) is 0 Å². The Kier molecular flexibility index (Phi) is 16.7. The molecule has 0 atom stereocenters. The van der Waals surface area contributed by atoms with Crippen molar-refractivity contribution in [3.05, 3.63) is 118 Å². The molecule has 4 heterocycles. The number of rotatable bonds is 0. The molecule has 0 N–H and O–H groups in total. The number of nitrogens with zero attached hydrogens (tertiary/aromatic N) is 4. The van der Waals surface area contributed by atoms with Crippen LogP contribution in [-0.4, -0.2) is 19.9 Å². The molecule has 4 rings (SSSR count). The lowest BCUT2D eigenvalue weighted by molar-refractivity contribution is 0.531. The predicted molar refractivity (Wildman–Crippen MR) is 247 cm³/mol. The van der Waals surface area contributed by atoms with Crippen LogP contribution in [0.15, 0.2) is 73.3 Å². The molecule has 4 aromatic rings. The average Bonchev–Trinajstić information content (AvgIpc) is 3.03. The van der Waals surface area contributed by atoms with Crippen LogP contribution in [0, 0.1) is 0 Å². The molecule has 0 aliphatic carbocycles. The number of aromatic nitrogens is 4. The van der Waals surface area contributed by atoms with Gasteiger partial charge in [-0.1, -0.05) is 184 Å². The lowest BCUT2D eigenvalue weighted by atomic mass is 9.82. The number of pyridine rings is 4. The fraction of sp³-hybridized carbons (Fsp3) is 0.615. The van der Waals surface area contributed by atoms with Gasteiger partial charge in [0.25, 0.3) is 0 Å². The maximum Gasteiger partial charge on any atom is 0.0460 e. The summed E-state index contributed by atoms with van der Waals surface area (Å²) in [6.07, 6.45) is 7.85. The molecule has 0 amide bonds. The van der Waals surface area contributed by atoms with Crippen LogP contribution < -0.4 is 0 Å². The van der Waals surface area contributed by atoms with Crippen molar-refractivity contribution in [2.75, 3.05) is 0 Å². The van der Waals surface area contributed by atoms with E-state index in [9.17, 15) is 0 Å². The fourth-order valence-corrected chi connectivity index (χ4v) is 5.12. The van der Waals surface area contributed by atoms with Crippen LogP contribution in [0.1, 0.15) is 211 Å². The molecule has 4 aromatic heterocycles. The van der Waals surface area contributed by atoms with Gasteiger partial charge in [0.15, 0.2) is 0 Å². The van der Waals surface area contributed by atoms with Gasteiger partial charge in [-0.3, -0.25) is 19.9 Å². The highest BCUT2D eigenvalue weighted by Crippen LogP contribution is 2.29. The van der Waals surface area contributed by atoms with E-state index in [1.54, 1.807) is 0 Å². The highest BCUT2D eigenvalue weighted by atomic mass is 14.7. The summed E-state index contributed by atoms with van der Waals surface area (Å²) < 4.78 is 0. The van der Waals surface area contributed by atoms with E-state index in [-0.39, 0.29) is 43.3 Å². The van der Waals surface area contributed by atoms with Crippen LogP contribution in [-0.2, 0) is 43.3 Å². The quantitative estimate of drug-likeness (QED) is 0.179. The number of hydrogen-bond donors (Lipinski definition) is 0. The minimum absolute atomic E-state index is 0.140. The molecule has 0 saturated carbocycles. The van der Waals surface area contributed by atoms with Crippen molar-refractivity contribution in [2.45, 2.75) is 209 Å². The zero-order valence-corrected chi connectivity index (χ0v) is 40.7. The minimum atomic E-state index is 0.140. The first-order valence-electron chi connectivity index (χ1n) is 20.7. The minimum Gasteiger partial charge on any atom is -0.264 e. The summed E-state index contributed by atoms with van der Waals surface area (Å²) in [5, 5.41) is 0. The van der Waals surface area contributed by atoms with E-state index in [0.29, 0.717) is 0 Å². The van der Waals surface area contributed by atoms with E-state index in [1.807, 2.05) is 24.8 Å². The molecule has 0 radical (unpaired) electrons. The molecule has 4 heteroatoms. The standard InChI is InChI=1S/4C13H21N/c1-12(2,3)10-7-11(9-14-8-10)13(4,5)6;1-12(2,3)10-7-8-14-11(9-10)13(4,5)6;1-12(2,3)10-7-8-11(14-9-10)13(4,5)6;1-12(2,3)10-8-7-9-11(14-10)13(4,5)6/h4*7-9H,1-6H3. The largest absolute Gasteiger partial charge is 0.264 e. The Bertz CT molecular complexity index is 1490. The zero-order valence-electron chi connectivity index (χ0n) is 40.7. The summed E-state index contributed by atoms with van der Waals surface area (Å²) in [6.45, 7) is 53.0. The Morgan fingerprint density at radius 1 is 0.304 bits per heavy atom. The van der Waals surface area contributed by atoms with E-state index in [1.165, 1.54) is 39.3 Å². The SMILES string of the molecule is CC(C)(C)c1ccc(C(C)(C)C)nc1.CC(C)(C)c1cccc(C(C)(C)C)n1.CC(C)(C)c1ccnc(C(C)(C)C)c1.CC(C)(C)c1cncc(C(C)(C)C)c1. The maximum absolute atomic E-state index is 4.72. The van der Waals surface area contributed by atoms with Gasteiger partial charge in [0, 0.05) is 69.2 Å². The molecule has 0 bridgehead atoms. The van der Waals surface area contributed by atoms with Crippen molar-refractivity contribution in [3.8, 4) is 0 Å². The molecular formula is C52H84N4. The Morgan fingerprint density at radius 2 is 0.696 bits per heavy atom.